The van der Waals surface area contributed by atoms with Gasteiger partial charge in [0.05, 0.1) is 11.6 Å². The van der Waals surface area contributed by atoms with Crippen LogP contribution >= 0.6 is 0 Å². The van der Waals surface area contributed by atoms with E-state index in [-0.39, 0.29) is 11.3 Å². The summed E-state index contributed by atoms with van der Waals surface area (Å²) in [6, 6.07) is 8.96. The number of aliphatic hydroxyl groups is 1. The molecule has 1 aromatic carbocycles. The number of ketones is 1. The quantitative estimate of drug-likeness (QED) is 0.282. The van der Waals surface area contributed by atoms with Crippen LogP contribution in [-0.4, -0.2) is 39.2 Å². The lowest BCUT2D eigenvalue weighted by Gasteiger charge is -2.25. The molecule has 7 heteroatoms. The number of aromatic nitrogens is 1. The van der Waals surface area contributed by atoms with E-state index < -0.39 is 23.7 Å². The number of carbonyl (C=O) groups is 3. The summed E-state index contributed by atoms with van der Waals surface area (Å²) >= 11 is 0. The molecular formula is C21H20N2O5. The number of nitrogens with zero attached hydrogens (tertiary/aromatic N) is 2. The molecule has 1 aliphatic rings. The highest BCUT2D eigenvalue weighted by Gasteiger charge is 2.45. The van der Waals surface area contributed by atoms with Gasteiger partial charge in [0.15, 0.2) is 0 Å². The van der Waals surface area contributed by atoms with Crippen LogP contribution in [-0.2, 0) is 14.4 Å². The topological polar surface area (TPSA) is 96.8 Å². The van der Waals surface area contributed by atoms with Crippen molar-refractivity contribution in [3.8, 4) is 5.75 Å². The van der Waals surface area contributed by atoms with Crippen molar-refractivity contribution in [2.45, 2.75) is 26.3 Å². The molecule has 1 saturated heterocycles. The highest BCUT2D eigenvalue weighted by Crippen LogP contribution is 2.40. The first kappa shape index (κ1) is 19.3. The summed E-state index contributed by atoms with van der Waals surface area (Å²) in [7, 11) is 0. The first-order chi connectivity index (χ1) is 13.4. The van der Waals surface area contributed by atoms with Crippen LogP contribution in [0.5, 0.6) is 5.75 Å². The number of amides is 1. The predicted octanol–water partition coefficient (Wildman–Crippen LogP) is 2.84. The molecule has 0 bridgehead atoms. The molecule has 1 aliphatic heterocycles. The van der Waals surface area contributed by atoms with E-state index in [4.69, 9.17) is 4.74 Å². The van der Waals surface area contributed by atoms with E-state index in [0.29, 0.717) is 29.8 Å². The maximum Gasteiger partial charge on any atom is 0.308 e. The fourth-order valence-electron chi connectivity index (χ4n) is 3.28. The van der Waals surface area contributed by atoms with Gasteiger partial charge in [-0.2, -0.15) is 0 Å². The molecule has 144 valence electrons. The van der Waals surface area contributed by atoms with Crippen molar-refractivity contribution in [3.05, 3.63) is 65.5 Å². The van der Waals surface area contributed by atoms with E-state index in [2.05, 4.69) is 4.98 Å². The molecule has 2 aromatic rings. The maximum absolute atomic E-state index is 12.7. The second kappa shape index (κ2) is 8.04. The van der Waals surface area contributed by atoms with Crippen LogP contribution in [0.1, 0.15) is 37.4 Å². The van der Waals surface area contributed by atoms with Crippen LogP contribution in [0.25, 0.3) is 5.76 Å². The number of rotatable bonds is 5. The second-order valence-electron chi connectivity index (χ2n) is 6.39. The van der Waals surface area contributed by atoms with Gasteiger partial charge in [-0.3, -0.25) is 19.4 Å². The van der Waals surface area contributed by atoms with Gasteiger partial charge in [0, 0.05) is 31.4 Å². The molecule has 0 spiro atoms. The van der Waals surface area contributed by atoms with Crippen LogP contribution in [0.2, 0.25) is 0 Å². The van der Waals surface area contributed by atoms with E-state index in [1.807, 2.05) is 6.92 Å². The third-order valence-electron chi connectivity index (χ3n) is 4.39. The molecule has 1 aromatic heterocycles. The van der Waals surface area contributed by atoms with Crippen LogP contribution in [0, 0.1) is 0 Å². The summed E-state index contributed by atoms with van der Waals surface area (Å²) in [5.41, 5.74) is 0.970. The maximum atomic E-state index is 12.7. The van der Waals surface area contributed by atoms with Crippen molar-refractivity contribution >= 4 is 23.4 Å². The number of benzene rings is 1. The SMILES string of the molecule is CCCN1C(=O)C(=O)/C(=C(\O)c2ccncc2)C1c1cccc(OC(C)=O)c1. The van der Waals surface area contributed by atoms with Crippen molar-refractivity contribution in [1.82, 2.24) is 9.88 Å². The molecule has 2 heterocycles. The standard InChI is InChI=1S/C21H20N2O5/c1-3-11-23-18(15-5-4-6-16(12-15)28-13(2)24)17(20(26)21(23)27)19(25)14-7-9-22-10-8-14/h4-10,12,18,25H,3,11H2,1-2H3/b19-17-. The minimum atomic E-state index is -0.774. The van der Waals surface area contributed by atoms with Gasteiger partial charge in [-0.1, -0.05) is 19.1 Å². The molecule has 1 amide bonds. The van der Waals surface area contributed by atoms with E-state index in [1.54, 1.807) is 36.4 Å². The third-order valence-corrected chi connectivity index (χ3v) is 4.39. The number of hydrogen-bond donors (Lipinski definition) is 1. The zero-order valence-electron chi connectivity index (χ0n) is 15.6. The Morgan fingerprint density at radius 2 is 1.93 bits per heavy atom. The number of ether oxygens (including phenoxy) is 1. The van der Waals surface area contributed by atoms with E-state index >= 15 is 0 Å². The summed E-state index contributed by atoms with van der Waals surface area (Å²) in [5, 5.41) is 10.8. The Kier molecular flexibility index (Phi) is 5.54. The number of likely N-dealkylation sites (tertiary alicyclic amines) is 1. The molecule has 0 radical (unpaired) electrons. The van der Waals surface area contributed by atoms with Crippen LogP contribution in [0.15, 0.2) is 54.4 Å². The van der Waals surface area contributed by atoms with Gasteiger partial charge in [0.25, 0.3) is 11.7 Å². The van der Waals surface area contributed by atoms with E-state index in [0.717, 1.165) is 0 Å². The van der Waals surface area contributed by atoms with E-state index in [1.165, 1.54) is 24.2 Å². The summed E-state index contributed by atoms with van der Waals surface area (Å²) < 4.78 is 5.13. The van der Waals surface area contributed by atoms with Crippen molar-refractivity contribution in [2.24, 2.45) is 0 Å². The summed E-state index contributed by atoms with van der Waals surface area (Å²) in [6.07, 6.45) is 3.63. The van der Waals surface area contributed by atoms with E-state index in [9.17, 15) is 19.5 Å². The zero-order chi connectivity index (χ0) is 20.3. The minimum Gasteiger partial charge on any atom is -0.507 e. The summed E-state index contributed by atoms with van der Waals surface area (Å²) in [4.78, 5) is 42.0. The second-order valence-corrected chi connectivity index (χ2v) is 6.39. The molecule has 3 rings (SSSR count). The number of carbonyl (C=O) groups excluding carboxylic acids is 3. The van der Waals surface area contributed by atoms with Gasteiger partial charge >= 0.3 is 5.97 Å². The van der Waals surface area contributed by atoms with Gasteiger partial charge in [-0.05, 0) is 36.2 Å². The van der Waals surface area contributed by atoms with Crippen LogP contribution in [0.3, 0.4) is 0 Å². The molecule has 1 unspecified atom stereocenters. The van der Waals surface area contributed by atoms with Gasteiger partial charge in [0.1, 0.15) is 11.5 Å². The number of aliphatic hydroxyl groups excluding tert-OH is 1. The largest absolute Gasteiger partial charge is 0.507 e. The van der Waals surface area contributed by atoms with Gasteiger partial charge in [-0.25, -0.2) is 0 Å². The molecule has 7 nitrogen and oxygen atoms in total. The van der Waals surface area contributed by atoms with Crippen molar-refractivity contribution in [2.75, 3.05) is 6.54 Å². The average Bonchev–Trinajstić information content (AvgIpc) is 2.93. The molecule has 1 atom stereocenters. The highest BCUT2D eigenvalue weighted by atomic mass is 16.5. The summed E-state index contributed by atoms with van der Waals surface area (Å²) in [5.74, 6) is -1.85. The number of hydrogen-bond acceptors (Lipinski definition) is 6. The van der Waals surface area contributed by atoms with Crippen LogP contribution in [0.4, 0.5) is 0 Å². The lowest BCUT2D eigenvalue weighted by molar-refractivity contribution is -0.139. The van der Waals surface area contributed by atoms with Crippen molar-refractivity contribution < 1.29 is 24.2 Å². The highest BCUT2D eigenvalue weighted by molar-refractivity contribution is 6.46. The van der Waals surface area contributed by atoms with Gasteiger partial charge in [-0.15, -0.1) is 0 Å². The fraction of sp³-hybridized carbons (Fsp3) is 0.238. The predicted molar refractivity (Wildman–Crippen MR) is 101 cm³/mol. The molecule has 1 N–H and O–H groups in total. The minimum absolute atomic E-state index is 0.00428. The molecule has 0 aliphatic carbocycles. The Hall–Kier alpha value is -3.48. The Labute approximate surface area is 162 Å². The Morgan fingerprint density at radius 1 is 1.21 bits per heavy atom. The molecule has 1 fully saturated rings. The third kappa shape index (κ3) is 3.64. The summed E-state index contributed by atoms with van der Waals surface area (Å²) in [6.45, 7) is 3.54. The Balaban J connectivity index is 2.16. The fourth-order valence-corrected chi connectivity index (χ4v) is 3.28. The van der Waals surface area contributed by atoms with Crippen molar-refractivity contribution in [3.63, 3.8) is 0 Å². The molecule has 0 saturated carbocycles. The smallest absolute Gasteiger partial charge is 0.308 e. The monoisotopic (exact) mass is 380 g/mol. The Morgan fingerprint density at radius 3 is 2.57 bits per heavy atom. The number of pyridine rings is 1. The van der Waals surface area contributed by atoms with Gasteiger partial charge < -0.3 is 14.7 Å². The van der Waals surface area contributed by atoms with Crippen molar-refractivity contribution in [1.29, 1.82) is 0 Å². The Bertz CT molecular complexity index is 952. The van der Waals surface area contributed by atoms with Gasteiger partial charge in [0.2, 0.25) is 0 Å². The average molecular weight is 380 g/mol. The first-order valence-electron chi connectivity index (χ1n) is 8.91. The normalized spacial score (nSPS) is 18.4. The van der Waals surface area contributed by atoms with Crippen LogP contribution < -0.4 is 4.74 Å². The molecular weight excluding hydrogens is 360 g/mol. The lowest BCUT2D eigenvalue weighted by Crippen LogP contribution is -2.30. The number of Topliss-reactive ketones (excluding diaryl/α,β-unsaturated/α-hetero) is 1. The lowest BCUT2D eigenvalue weighted by atomic mass is 9.95. The number of esters is 1. The zero-order valence-corrected chi connectivity index (χ0v) is 15.6. The molecule has 28 heavy (non-hydrogen) atoms. The first-order valence-corrected chi connectivity index (χ1v) is 8.91.